The van der Waals surface area contributed by atoms with Crippen LogP contribution >= 0.6 is 0 Å². The van der Waals surface area contributed by atoms with E-state index in [4.69, 9.17) is 0 Å². The van der Waals surface area contributed by atoms with Gasteiger partial charge >= 0.3 is 6.03 Å². The molecule has 0 unspecified atom stereocenters. The maximum atomic E-state index is 12.4. The smallest absolute Gasteiger partial charge is 0.317 e. The number of hydrogen-bond donors (Lipinski definition) is 2. The molecule has 0 aliphatic carbocycles. The lowest BCUT2D eigenvalue weighted by Gasteiger charge is -2.35. The van der Waals surface area contributed by atoms with Crippen molar-refractivity contribution in [3.05, 3.63) is 29.8 Å². The number of benzene rings is 1. The topological polar surface area (TPSA) is 61.4 Å². The molecule has 0 bridgehead atoms. The van der Waals surface area contributed by atoms with Crippen LogP contribution in [-0.2, 0) is 4.79 Å². The van der Waals surface area contributed by atoms with Crippen LogP contribution in [0.4, 0.5) is 10.5 Å². The Morgan fingerprint density at radius 1 is 1.26 bits per heavy atom. The van der Waals surface area contributed by atoms with E-state index in [-0.39, 0.29) is 17.9 Å². The van der Waals surface area contributed by atoms with Gasteiger partial charge in [-0.3, -0.25) is 4.79 Å². The normalized spacial score (nSPS) is 27.1. The molecule has 23 heavy (non-hydrogen) atoms. The summed E-state index contributed by atoms with van der Waals surface area (Å²) >= 11 is 0. The standard InChI is InChI=1S/C18H25N3O2/c1-12-7-13(2)11-21(10-12)18(23)19-9-14-8-17(22)20-16-6-4-3-5-15(14)16/h3-6,12-14H,7-11H2,1-2H3,(H,19,23)(H,20,22)/t12-,13-,14+/m1/s1. The van der Waals surface area contributed by atoms with Crippen molar-refractivity contribution in [3.8, 4) is 0 Å². The molecule has 2 aliphatic heterocycles. The maximum Gasteiger partial charge on any atom is 0.317 e. The first-order valence-electron chi connectivity index (χ1n) is 8.44. The Kier molecular flexibility index (Phi) is 4.55. The summed E-state index contributed by atoms with van der Waals surface area (Å²) in [5.74, 6) is 1.16. The lowest BCUT2D eigenvalue weighted by atomic mass is 9.90. The number of carbonyl (C=O) groups is 2. The number of piperidine rings is 1. The third-order valence-electron chi connectivity index (χ3n) is 4.76. The lowest BCUT2D eigenvalue weighted by molar-refractivity contribution is -0.116. The van der Waals surface area contributed by atoms with Crippen molar-refractivity contribution in [2.45, 2.75) is 32.6 Å². The highest BCUT2D eigenvalue weighted by atomic mass is 16.2. The second-order valence-corrected chi connectivity index (χ2v) is 7.07. The SMILES string of the molecule is C[C@@H]1C[C@@H](C)CN(C(=O)NC[C@@H]2CC(=O)Nc3ccccc32)C1. The predicted molar refractivity (Wildman–Crippen MR) is 90.3 cm³/mol. The van der Waals surface area contributed by atoms with Gasteiger partial charge in [0.2, 0.25) is 5.91 Å². The maximum absolute atomic E-state index is 12.4. The fourth-order valence-electron chi connectivity index (χ4n) is 3.84. The Hall–Kier alpha value is -2.04. The van der Waals surface area contributed by atoms with Crippen LogP contribution in [0.25, 0.3) is 0 Å². The number of amides is 3. The van der Waals surface area contributed by atoms with Crippen LogP contribution in [0.3, 0.4) is 0 Å². The van der Waals surface area contributed by atoms with E-state index in [1.165, 1.54) is 6.42 Å². The average Bonchev–Trinajstić information content (AvgIpc) is 2.51. The molecule has 0 spiro atoms. The molecule has 3 amide bonds. The summed E-state index contributed by atoms with van der Waals surface area (Å²) in [5, 5.41) is 5.92. The molecule has 2 N–H and O–H groups in total. The first-order valence-corrected chi connectivity index (χ1v) is 8.44. The quantitative estimate of drug-likeness (QED) is 0.881. The summed E-state index contributed by atoms with van der Waals surface area (Å²) in [7, 11) is 0. The first kappa shape index (κ1) is 15.8. The number of para-hydroxylation sites is 1. The van der Waals surface area contributed by atoms with Gasteiger partial charge in [-0.05, 0) is 29.9 Å². The highest BCUT2D eigenvalue weighted by molar-refractivity contribution is 5.94. The van der Waals surface area contributed by atoms with Gasteiger partial charge in [0.1, 0.15) is 0 Å². The van der Waals surface area contributed by atoms with E-state index in [0.29, 0.717) is 24.8 Å². The molecule has 1 aromatic carbocycles. The minimum absolute atomic E-state index is 0.00753. The van der Waals surface area contributed by atoms with Gasteiger partial charge in [0.25, 0.3) is 0 Å². The van der Waals surface area contributed by atoms with Crippen LogP contribution in [0.5, 0.6) is 0 Å². The van der Waals surface area contributed by atoms with Gasteiger partial charge in [-0.1, -0.05) is 32.0 Å². The van der Waals surface area contributed by atoms with E-state index in [9.17, 15) is 9.59 Å². The molecule has 3 atom stereocenters. The van der Waals surface area contributed by atoms with Crippen LogP contribution < -0.4 is 10.6 Å². The third-order valence-corrected chi connectivity index (χ3v) is 4.76. The summed E-state index contributed by atoms with van der Waals surface area (Å²) < 4.78 is 0. The van der Waals surface area contributed by atoms with Gasteiger partial charge < -0.3 is 15.5 Å². The molecule has 1 fully saturated rings. The number of fused-ring (bicyclic) bond motifs is 1. The molecule has 5 nitrogen and oxygen atoms in total. The second-order valence-electron chi connectivity index (χ2n) is 7.07. The van der Waals surface area contributed by atoms with Crippen molar-refractivity contribution in [3.63, 3.8) is 0 Å². The molecule has 3 rings (SSSR count). The molecule has 1 saturated heterocycles. The predicted octanol–water partition coefficient (Wildman–Crippen LogP) is 2.80. The number of anilines is 1. The van der Waals surface area contributed by atoms with Gasteiger partial charge in [0.15, 0.2) is 0 Å². The first-order chi connectivity index (χ1) is 11.0. The number of carbonyl (C=O) groups excluding carboxylic acids is 2. The Balaban J connectivity index is 1.62. The van der Waals surface area contributed by atoms with E-state index >= 15 is 0 Å². The van der Waals surface area contributed by atoms with Crippen molar-refractivity contribution in [1.82, 2.24) is 10.2 Å². The molecule has 0 aromatic heterocycles. The zero-order valence-corrected chi connectivity index (χ0v) is 13.8. The number of nitrogens with one attached hydrogen (secondary N) is 2. The Bertz CT molecular complexity index is 592. The second kappa shape index (κ2) is 6.60. The molecule has 124 valence electrons. The van der Waals surface area contributed by atoms with E-state index in [0.717, 1.165) is 24.3 Å². The van der Waals surface area contributed by atoms with E-state index in [1.807, 2.05) is 29.2 Å². The molecule has 0 saturated carbocycles. The van der Waals surface area contributed by atoms with Crippen molar-refractivity contribution in [2.24, 2.45) is 11.8 Å². The highest BCUT2D eigenvalue weighted by Crippen LogP contribution is 2.31. The summed E-state index contributed by atoms with van der Waals surface area (Å²) in [6.45, 7) is 6.52. The largest absolute Gasteiger partial charge is 0.337 e. The lowest BCUT2D eigenvalue weighted by Crippen LogP contribution is -2.48. The molecule has 5 heteroatoms. The zero-order chi connectivity index (χ0) is 16.4. The molecular weight excluding hydrogens is 290 g/mol. The van der Waals surface area contributed by atoms with Gasteiger partial charge in [0, 0.05) is 37.7 Å². The Labute approximate surface area is 137 Å². The average molecular weight is 315 g/mol. The number of likely N-dealkylation sites (tertiary alicyclic amines) is 1. The zero-order valence-electron chi connectivity index (χ0n) is 13.8. The summed E-state index contributed by atoms with van der Waals surface area (Å²) in [6, 6.07) is 7.81. The minimum Gasteiger partial charge on any atom is -0.337 e. The van der Waals surface area contributed by atoms with E-state index < -0.39 is 0 Å². The Morgan fingerprint density at radius 3 is 2.70 bits per heavy atom. The van der Waals surface area contributed by atoms with Crippen LogP contribution in [0, 0.1) is 11.8 Å². The molecular formula is C18H25N3O2. The molecule has 0 radical (unpaired) electrons. The van der Waals surface area contributed by atoms with Crippen molar-refractivity contribution < 1.29 is 9.59 Å². The van der Waals surface area contributed by atoms with Crippen LogP contribution in [0.15, 0.2) is 24.3 Å². The van der Waals surface area contributed by atoms with Gasteiger partial charge in [-0.2, -0.15) is 0 Å². The van der Waals surface area contributed by atoms with E-state index in [2.05, 4.69) is 24.5 Å². The van der Waals surface area contributed by atoms with Crippen molar-refractivity contribution >= 4 is 17.6 Å². The number of urea groups is 1. The highest BCUT2D eigenvalue weighted by Gasteiger charge is 2.28. The van der Waals surface area contributed by atoms with Crippen molar-refractivity contribution in [2.75, 3.05) is 25.0 Å². The monoisotopic (exact) mass is 315 g/mol. The minimum atomic E-state index is -0.00753. The van der Waals surface area contributed by atoms with Gasteiger partial charge in [0.05, 0.1) is 0 Å². The van der Waals surface area contributed by atoms with Crippen LogP contribution in [0.2, 0.25) is 0 Å². The molecule has 2 heterocycles. The van der Waals surface area contributed by atoms with Crippen LogP contribution in [0.1, 0.15) is 38.2 Å². The third kappa shape index (κ3) is 3.66. The number of rotatable bonds is 2. The molecule has 2 aliphatic rings. The summed E-state index contributed by atoms with van der Waals surface area (Å²) in [5.41, 5.74) is 1.97. The number of hydrogen-bond acceptors (Lipinski definition) is 2. The van der Waals surface area contributed by atoms with Gasteiger partial charge in [-0.25, -0.2) is 4.79 Å². The summed E-state index contributed by atoms with van der Waals surface area (Å²) in [4.78, 5) is 26.2. The summed E-state index contributed by atoms with van der Waals surface area (Å²) in [6.07, 6.45) is 1.60. The fraction of sp³-hybridized carbons (Fsp3) is 0.556. The fourth-order valence-corrected chi connectivity index (χ4v) is 3.84. The van der Waals surface area contributed by atoms with Crippen molar-refractivity contribution in [1.29, 1.82) is 0 Å². The van der Waals surface area contributed by atoms with Gasteiger partial charge in [-0.15, -0.1) is 0 Å². The van der Waals surface area contributed by atoms with E-state index in [1.54, 1.807) is 0 Å². The number of nitrogens with zero attached hydrogens (tertiary/aromatic N) is 1. The Morgan fingerprint density at radius 2 is 1.96 bits per heavy atom. The molecule has 1 aromatic rings. The van der Waals surface area contributed by atoms with Crippen LogP contribution in [-0.4, -0.2) is 36.5 Å².